The Morgan fingerprint density at radius 3 is 2.55 bits per heavy atom. The van der Waals surface area contributed by atoms with Crippen LogP contribution in [0.1, 0.15) is 63.7 Å². The van der Waals surface area contributed by atoms with E-state index in [-0.39, 0.29) is 42.1 Å². The van der Waals surface area contributed by atoms with Crippen LogP contribution in [0, 0.1) is 5.41 Å². The number of methoxy groups -OCH3 is 1. The van der Waals surface area contributed by atoms with E-state index in [9.17, 15) is 19.2 Å². The lowest BCUT2D eigenvalue weighted by Gasteiger charge is -2.25. The summed E-state index contributed by atoms with van der Waals surface area (Å²) in [6.45, 7) is 0.228. The Morgan fingerprint density at radius 2 is 1.89 bits per heavy atom. The fourth-order valence-electron chi connectivity index (χ4n) is 5.28. The number of carboxylic acid groups (broad SMARTS) is 1. The van der Waals surface area contributed by atoms with E-state index in [2.05, 4.69) is 4.98 Å². The van der Waals surface area contributed by atoms with Crippen molar-refractivity contribution in [1.82, 2.24) is 9.55 Å². The molecule has 1 atom stereocenters. The molecule has 9 heteroatoms. The third-order valence-electron chi connectivity index (χ3n) is 7.53. The van der Waals surface area contributed by atoms with Gasteiger partial charge in [0, 0.05) is 55.6 Å². The Hall–Kier alpha value is -3.62. The number of hydrogen-bond acceptors (Lipinski definition) is 6. The monoisotopic (exact) mass is 534 g/mol. The molecule has 0 bridgehead atoms. The van der Waals surface area contributed by atoms with E-state index in [1.807, 2.05) is 12.1 Å². The molecule has 5 rings (SSSR count). The van der Waals surface area contributed by atoms with Gasteiger partial charge in [0.1, 0.15) is 5.69 Å². The second-order valence-corrected chi connectivity index (χ2v) is 10.7. The van der Waals surface area contributed by atoms with Crippen molar-refractivity contribution in [1.29, 1.82) is 0 Å². The van der Waals surface area contributed by atoms with Gasteiger partial charge in [0.15, 0.2) is 11.6 Å². The van der Waals surface area contributed by atoms with E-state index in [0.717, 1.165) is 30.4 Å². The van der Waals surface area contributed by atoms with Gasteiger partial charge in [-0.2, -0.15) is 0 Å². The van der Waals surface area contributed by atoms with Crippen molar-refractivity contribution in [2.75, 3.05) is 13.7 Å². The molecule has 0 amide bonds. The first-order valence-electron chi connectivity index (χ1n) is 12.5. The summed E-state index contributed by atoms with van der Waals surface area (Å²) < 4.78 is 6.55. The van der Waals surface area contributed by atoms with Crippen LogP contribution in [-0.2, 0) is 22.4 Å². The molecule has 2 aliphatic rings. The smallest absolute Gasteiger partial charge is 0.354 e. The number of carbonyl (C=O) groups excluding carboxylic acids is 2. The van der Waals surface area contributed by atoms with Gasteiger partial charge in [-0.3, -0.25) is 14.4 Å². The van der Waals surface area contributed by atoms with Crippen LogP contribution in [0.3, 0.4) is 0 Å². The van der Waals surface area contributed by atoms with Crippen molar-refractivity contribution in [3.63, 3.8) is 0 Å². The van der Waals surface area contributed by atoms with E-state index >= 15 is 0 Å². The molecule has 196 valence electrons. The number of rotatable bonds is 8. The molecule has 2 aliphatic carbocycles. The van der Waals surface area contributed by atoms with E-state index < -0.39 is 17.6 Å². The van der Waals surface area contributed by atoms with E-state index in [1.54, 1.807) is 6.07 Å². The summed E-state index contributed by atoms with van der Waals surface area (Å²) >= 11 is 6.32. The third-order valence-corrected chi connectivity index (χ3v) is 7.76. The maximum atomic E-state index is 13.5. The van der Waals surface area contributed by atoms with Gasteiger partial charge < -0.3 is 14.4 Å². The van der Waals surface area contributed by atoms with Gasteiger partial charge in [0.2, 0.25) is 0 Å². The van der Waals surface area contributed by atoms with Gasteiger partial charge >= 0.3 is 5.97 Å². The molecule has 1 aromatic carbocycles. The minimum Gasteiger partial charge on any atom is -0.477 e. The molecule has 38 heavy (non-hydrogen) atoms. The third kappa shape index (κ3) is 5.19. The lowest BCUT2D eigenvalue weighted by atomic mass is 9.81. The average Bonchev–Trinajstić information content (AvgIpc) is 3.64. The number of aromatic carboxylic acids is 1. The maximum Gasteiger partial charge on any atom is 0.354 e. The molecule has 1 spiro atoms. The van der Waals surface area contributed by atoms with E-state index in [4.69, 9.17) is 21.4 Å². The molecule has 1 fully saturated rings. The summed E-state index contributed by atoms with van der Waals surface area (Å²) in [5.74, 6) is -1.48. The lowest BCUT2D eigenvalue weighted by molar-refractivity contribution is -0.122. The molecule has 1 unspecified atom stereocenters. The minimum absolute atomic E-state index is 0.0525. The van der Waals surface area contributed by atoms with Crippen LogP contribution < -0.4 is 5.56 Å². The first-order chi connectivity index (χ1) is 18.2. The zero-order valence-corrected chi connectivity index (χ0v) is 21.7. The lowest BCUT2D eigenvalue weighted by Crippen LogP contribution is -2.32. The SMILES string of the molecule is COCCC(C(=O)Cc1ccc(C(=O)O)nc1)n1cc2c(cc1=O)-c1cc(Cl)ccc1CC1(CC1)CC2=O. The number of ether oxygens (including phenoxy) is 1. The molecule has 0 radical (unpaired) electrons. The largest absolute Gasteiger partial charge is 0.477 e. The Morgan fingerprint density at radius 1 is 1.11 bits per heavy atom. The molecular weight excluding hydrogens is 508 g/mol. The second-order valence-electron chi connectivity index (χ2n) is 10.2. The fourth-order valence-corrected chi connectivity index (χ4v) is 5.45. The van der Waals surface area contributed by atoms with E-state index in [0.29, 0.717) is 28.1 Å². The second kappa shape index (κ2) is 10.3. The minimum atomic E-state index is -1.16. The number of aromatic nitrogens is 2. The number of carbonyl (C=O) groups is 3. The van der Waals surface area contributed by atoms with Crippen molar-refractivity contribution in [3.05, 3.63) is 86.6 Å². The highest BCUT2D eigenvalue weighted by Crippen LogP contribution is 2.54. The number of ketones is 2. The predicted octanol–water partition coefficient (Wildman–Crippen LogP) is 4.56. The van der Waals surface area contributed by atoms with Crippen molar-refractivity contribution in [2.24, 2.45) is 5.41 Å². The van der Waals surface area contributed by atoms with Crippen LogP contribution in [0.2, 0.25) is 5.02 Å². The summed E-state index contributed by atoms with van der Waals surface area (Å²) in [6.07, 6.45) is 6.14. The van der Waals surface area contributed by atoms with E-state index in [1.165, 1.54) is 42.3 Å². The van der Waals surface area contributed by atoms with Crippen molar-refractivity contribution in [3.8, 4) is 11.1 Å². The molecule has 0 aliphatic heterocycles. The Balaban J connectivity index is 1.56. The van der Waals surface area contributed by atoms with Crippen LogP contribution in [-0.4, -0.2) is 45.9 Å². The summed E-state index contributed by atoms with van der Waals surface area (Å²) in [5.41, 5.74) is 2.70. The Kier molecular flexibility index (Phi) is 7.03. The standard InChI is InChI=1S/C29H27ClN2O6/c1-38-9-6-24(25(33)10-17-2-5-23(28(36)37)31-15-17)32-16-22-21(12-27(32)35)20-11-19(30)4-3-18(20)13-29(7-8-29)14-26(22)34/h2-5,11-12,15-16,24H,6-10,13-14H2,1H3,(H,36,37). The van der Waals surface area contributed by atoms with Crippen LogP contribution in [0.25, 0.3) is 11.1 Å². The number of halogens is 1. The number of benzene rings is 1. The number of hydrogen-bond donors (Lipinski definition) is 1. The van der Waals surface area contributed by atoms with Crippen LogP contribution in [0.15, 0.2) is 53.6 Å². The highest BCUT2D eigenvalue weighted by Gasteiger charge is 2.46. The first kappa shape index (κ1) is 26.0. The predicted molar refractivity (Wildman–Crippen MR) is 141 cm³/mol. The number of fused-ring (bicyclic) bond motifs is 3. The fraction of sp³-hybridized carbons (Fsp3) is 0.345. The summed E-state index contributed by atoms with van der Waals surface area (Å²) in [7, 11) is 1.51. The maximum absolute atomic E-state index is 13.5. The quantitative estimate of drug-likeness (QED) is 0.450. The molecular formula is C29H27ClN2O6. The van der Waals surface area contributed by atoms with Gasteiger partial charge in [-0.15, -0.1) is 0 Å². The summed E-state index contributed by atoms with van der Waals surface area (Å²) in [4.78, 5) is 55.4. The van der Waals surface area contributed by atoms with Gasteiger partial charge in [-0.05, 0) is 71.6 Å². The molecule has 1 saturated carbocycles. The first-order valence-corrected chi connectivity index (χ1v) is 12.9. The summed E-state index contributed by atoms with van der Waals surface area (Å²) in [5, 5.41) is 9.60. The molecule has 2 aromatic heterocycles. The number of nitrogens with zero attached hydrogens (tertiary/aromatic N) is 2. The average molecular weight is 535 g/mol. The molecule has 8 nitrogen and oxygen atoms in total. The van der Waals surface area contributed by atoms with Crippen molar-refractivity contribution >= 4 is 29.1 Å². The number of Topliss-reactive ketones (excluding diaryl/α,β-unsaturated/α-hetero) is 2. The molecule has 0 saturated heterocycles. The zero-order valence-electron chi connectivity index (χ0n) is 20.9. The topological polar surface area (TPSA) is 116 Å². The van der Waals surface area contributed by atoms with Gasteiger partial charge in [-0.25, -0.2) is 9.78 Å². The number of pyridine rings is 2. The van der Waals surface area contributed by atoms with Gasteiger partial charge in [0.25, 0.3) is 5.56 Å². The van der Waals surface area contributed by atoms with Crippen molar-refractivity contribution in [2.45, 2.75) is 44.6 Å². The normalized spacial score (nSPS) is 16.2. The highest BCUT2D eigenvalue weighted by atomic mass is 35.5. The molecule has 3 aromatic rings. The summed E-state index contributed by atoms with van der Waals surface area (Å²) in [6, 6.07) is 9.03. The van der Waals surface area contributed by atoms with Crippen LogP contribution in [0.4, 0.5) is 0 Å². The van der Waals surface area contributed by atoms with Crippen molar-refractivity contribution < 1.29 is 24.2 Å². The Labute approximate surface area is 224 Å². The van der Waals surface area contributed by atoms with Crippen LogP contribution >= 0.6 is 11.6 Å². The van der Waals surface area contributed by atoms with Gasteiger partial charge in [-0.1, -0.05) is 23.7 Å². The van der Waals surface area contributed by atoms with Crippen LogP contribution in [0.5, 0.6) is 0 Å². The Bertz CT molecular complexity index is 1490. The number of carboxylic acids is 1. The van der Waals surface area contributed by atoms with Gasteiger partial charge in [0.05, 0.1) is 6.04 Å². The zero-order chi connectivity index (χ0) is 27.0. The molecule has 2 heterocycles. The molecule has 1 N–H and O–H groups in total. The highest BCUT2D eigenvalue weighted by molar-refractivity contribution is 6.31.